The van der Waals surface area contributed by atoms with E-state index in [1.54, 1.807) is 0 Å². The van der Waals surface area contributed by atoms with Crippen LogP contribution in [-0.4, -0.2) is 29.6 Å². The highest BCUT2D eigenvalue weighted by molar-refractivity contribution is 5.84. The number of carbonyl (C=O) groups excluding carboxylic acids is 1. The zero-order valence-electron chi connectivity index (χ0n) is 11.9. The van der Waals surface area contributed by atoms with Crippen molar-refractivity contribution in [1.82, 2.24) is 10.2 Å². The number of carbonyl (C=O) groups is 1. The molecule has 0 aromatic heterocycles. The van der Waals surface area contributed by atoms with Crippen LogP contribution in [0.4, 0.5) is 0 Å². The highest BCUT2D eigenvalue weighted by Gasteiger charge is 2.32. The predicted molar refractivity (Wildman–Crippen MR) is 77.8 cm³/mol. The summed E-state index contributed by atoms with van der Waals surface area (Å²) in [6, 6.07) is 10.7. The average molecular weight is 260 g/mol. The van der Waals surface area contributed by atoms with Crippen molar-refractivity contribution < 1.29 is 4.79 Å². The molecule has 0 bridgehead atoms. The molecule has 1 amide bonds. The van der Waals surface area contributed by atoms with Crippen molar-refractivity contribution >= 4 is 5.91 Å². The Hall–Kier alpha value is -1.35. The van der Waals surface area contributed by atoms with Crippen LogP contribution in [0.2, 0.25) is 0 Å². The quantitative estimate of drug-likeness (QED) is 0.852. The second kappa shape index (κ2) is 6.71. The van der Waals surface area contributed by atoms with E-state index >= 15 is 0 Å². The van der Waals surface area contributed by atoms with Crippen LogP contribution in [0.15, 0.2) is 30.3 Å². The van der Waals surface area contributed by atoms with Crippen molar-refractivity contribution in [2.24, 2.45) is 0 Å². The number of rotatable bonds is 6. The monoisotopic (exact) mass is 260 g/mol. The predicted octanol–water partition coefficient (Wildman–Crippen LogP) is 2.57. The van der Waals surface area contributed by atoms with Crippen molar-refractivity contribution in [3.05, 3.63) is 35.9 Å². The number of nitrogens with zero attached hydrogens (tertiary/aromatic N) is 1. The number of benzene rings is 1. The lowest BCUT2D eigenvalue weighted by Gasteiger charge is -2.23. The largest absolute Gasteiger partial charge is 0.326 e. The molecule has 3 heteroatoms. The molecule has 2 unspecified atom stereocenters. The average Bonchev–Trinajstić information content (AvgIpc) is 2.79. The second-order valence-corrected chi connectivity index (χ2v) is 5.38. The summed E-state index contributed by atoms with van der Waals surface area (Å²) in [6.45, 7) is 5.01. The molecule has 3 nitrogen and oxygen atoms in total. The number of hydrogen-bond acceptors (Lipinski definition) is 2. The summed E-state index contributed by atoms with van der Waals surface area (Å²) in [6.07, 6.45) is 4.05. The summed E-state index contributed by atoms with van der Waals surface area (Å²) in [5, 5.41) is 3.34. The van der Waals surface area contributed by atoms with E-state index < -0.39 is 0 Å². The van der Waals surface area contributed by atoms with E-state index in [2.05, 4.69) is 43.4 Å². The van der Waals surface area contributed by atoms with Crippen LogP contribution in [-0.2, 0) is 11.2 Å². The van der Waals surface area contributed by atoms with Crippen LogP contribution in [0, 0.1) is 0 Å². The van der Waals surface area contributed by atoms with Gasteiger partial charge >= 0.3 is 0 Å². The molecule has 0 radical (unpaired) electrons. The highest BCUT2D eigenvalue weighted by atomic mass is 16.2. The number of nitrogens with one attached hydrogen (secondary N) is 1. The highest BCUT2D eigenvalue weighted by Crippen LogP contribution is 2.15. The first-order valence-corrected chi connectivity index (χ1v) is 7.30. The van der Waals surface area contributed by atoms with E-state index in [0.29, 0.717) is 12.7 Å². The lowest BCUT2D eigenvalue weighted by atomic mass is 10.0. The van der Waals surface area contributed by atoms with E-state index in [9.17, 15) is 4.79 Å². The van der Waals surface area contributed by atoms with Gasteiger partial charge in [-0.25, -0.2) is 0 Å². The normalized spacial score (nSPS) is 20.8. The molecule has 0 spiro atoms. The minimum absolute atomic E-state index is 0.000452. The fraction of sp³-hybridized carbons (Fsp3) is 0.562. The molecule has 2 atom stereocenters. The molecular weight excluding hydrogens is 236 g/mol. The molecular formula is C16H24N2O. The molecule has 1 N–H and O–H groups in total. The first-order valence-electron chi connectivity index (χ1n) is 7.30. The van der Waals surface area contributed by atoms with Crippen LogP contribution < -0.4 is 5.32 Å². The minimum Gasteiger partial charge on any atom is -0.326 e. The van der Waals surface area contributed by atoms with Crippen molar-refractivity contribution in [2.45, 2.75) is 51.6 Å². The van der Waals surface area contributed by atoms with E-state index in [-0.39, 0.29) is 11.9 Å². The first-order chi connectivity index (χ1) is 9.22. The van der Waals surface area contributed by atoms with Gasteiger partial charge in [0.1, 0.15) is 0 Å². The molecule has 19 heavy (non-hydrogen) atoms. The van der Waals surface area contributed by atoms with Crippen molar-refractivity contribution in [3.8, 4) is 0 Å². The molecule has 1 aliphatic rings. The van der Waals surface area contributed by atoms with E-state index in [4.69, 9.17) is 0 Å². The molecule has 1 heterocycles. The Kier molecular flexibility index (Phi) is 4.97. The first kappa shape index (κ1) is 14.1. The SMILES string of the molecule is CCCC(C)N1CNC(CCc2ccccc2)C1=O. The van der Waals surface area contributed by atoms with Gasteiger partial charge in [0.2, 0.25) is 5.91 Å². The van der Waals surface area contributed by atoms with Crippen molar-refractivity contribution in [1.29, 1.82) is 0 Å². The molecule has 0 saturated carbocycles. The summed E-state index contributed by atoms with van der Waals surface area (Å²) in [4.78, 5) is 14.3. The van der Waals surface area contributed by atoms with Crippen LogP contribution in [0.1, 0.15) is 38.7 Å². The van der Waals surface area contributed by atoms with Gasteiger partial charge < -0.3 is 4.90 Å². The molecule has 1 aliphatic heterocycles. The standard InChI is InChI=1S/C16H24N2O/c1-3-7-13(2)18-12-17-15(16(18)19)11-10-14-8-5-4-6-9-14/h4-6,8-9,13,15,17H,3,7,10-12H2,1-2H3. The molecule has 1 fully saturated rings. The van der Waals surface area contributed by atoms with Gasteiger partial charge in [0.25, 0.3) is 0 Å². The minimum atomic E-state index is -0.000452. The van der Waals surface area contributed by atoms with Crippen LogP contribution >= 0.6 is 0 Å². The Bertz CT molecular complexity index is 404. The Balaban J connectivity index is 1.85. The van der Waals surface area contributed by atoms with E-state index in [1.807, 2.05) is 11.0 Å². The van der Waals surface area contributed by atoms with Gasteiger partial charge in [0, 0.05) is 6.04 Å². The van der Waals surface area contributed by atoms with Gasteiger partial charge in [-0.15, -0.1) is 0 Å². The van der Waals surface area contributed by atoms with Gasteiger partial charge in [-0.3, -0.25) is 10.1 Å². The molecule has 1 aromatic rings. The third-order valence-corrected chi connectivity index (χ3v) is 3.89. The van der Waals surface area contributed by atoms with Gasteiger partial charge in [0.15, 0.2) is 0 Å². The molecule has 1 aromatic carbocycles. The Morgan fingerprint density at radius 1 is 1.37 bits per heavy atom. The molecule has 0 aliphatic carbocycles. The Morgan fingerprint density at radius 3 is 2.79 bits per heavy atom. The van der Waals surface area contributed by atoms with E-state index in [1.165, 1.54) is 5.56 Å². The summed E-state index contributed by atoms with van der Waals surface area (Å²) in [5.41, 5.74) is 1.30. The third kappa shape index (κ3) is 3.57. The Labute approximate surface area is 116 Å². The van der Waals surface area contributed by atoms with Crippen LogP contribution in [0.25, 0.3) is 0 Å². The fourth-order valence-corrected chi connectivity index (χ4v) is 2.70. The molecule has 2 rings (SSSR count). The van der Waals surface area contributed by atoms with Crippen LogP contribution in [0.5, 0.6) is 0 Å². The van der Waals surface area contributed by atoms with Gasteiger partial charge in [-0.1, -0.05) is 43.7 Å². The van der Waals surface area contributed by atoms with Crippen molar-refractivity contribution in [2.75, 3.05) is 6.67 Å². The smallest absolute Gasteiger partial charge is 0.241 e. The maximum Gasteiger partial charge on any atom is 0.241 e. The maximum absolute atomic E-state index is 12.3. The Morgan fingerprint density at radius 2 is 2.11 bits per heavy atom. The van der Waals surface area contributed by atoms with E-state index in [0.717, 1.165) is 25.7 Å². The van der Waals surface area contributed by atoms with Gasteiger partial charge in [-0.05, 0) is 31.7 Å². The number of aryl methyl sites for hydroxylation is 1. The molecule has 104 valence electrons. The number of hydrogen-bond donors (Lipinski definition) is 1. The lowest BCUT2D eigenvalue weighted by molar-refractivity contribution is -0.130. The number of amides is 1. The summed E-state index contributed by atoms with van der Waals surface area (Å²) in [7, 11) is 0. The zero-order chi connectivity index (χ0) is 13.7. The van der Waals surface area contributed by atoms with Crippen LogP contribution in [0.3, 0.4) is 0 Å². The van der Waals surface area contributed by atoms with Gasteiger partial charge in [-0.2, -0.15) is 0 Å². The van der Waals surface area contributed by atoms with Gasteiger partial charge in [0.05, 0.1) is 12.7 Å². The third-order valence-electron chi connectivity index (χ3n) is 3.89. The maximum atomic E-state index is 12.3. The lowest BCUT2D eigenvalue weighted by Crippen LogP contribution is -2.36. The summed E-state index contributed by atoms with van der Waals surface area (Å²) < 4.78 is 0. The van der Waals surface area contributed by atoms with Crippen molar-refractivity contribution in [3.63, 3.8) is 0 Å². The summed E-state index contributed by atoms with van der Waals surface area (Å²) in [5.74, 6) is 0.275. The topological polar surface area (TPSA) is 32.3 Å². The zero-order valence-corrected chi connectivity index (χ0v) is 11.9. The second-order valence-electron chi connectivity index (χ2n) is 5.38. The molecule has 1 saturated heterocycles. The summed E-state index contributed by atoms with van der Waals surface area (Å²) >= 11 is 0. The fourth-order valence-electron chi connectivity index (χ4n) is 2.70.